The fourth-order valence-electron chi connectivity index (χ4n) is 3.62. The molecule has 1 aromatic carbocycles. The fourth-order valence-corrected chi connectivity index (χ4v) is 4.66. The third-order valence-electron chi connectivity index (χ3n) is 5.27. The number of rotatable bonds is 11. The van der Waals surface area contributed by atoms with Gasteiger partial charge in [0.25, 0.3) is 5.69 Å². The average molecular weight is 452 g/mol. The lowest BCUT2D eigenvalue weighted by Gasteiger charge is -2.26. The third-order valence-corrected chi connectivity index (χ3v) is 6.72. The Hall–Kier alpha value is -2.47. The number of furan rings is 1. The first-order chi connectivity index (χ1) is 14.8. The van der Waals surface area contributed by atoms with E-state index in [1.807, 2.05) is 31.1 Å². The second-order valence-corrected chi connectivity index (χ2v) is 9.56. The zero-order valence-electron chi connectivity index (χ0n) is 17.8. The van der Waals surface area contributed by atoms with Crippen LogP contribution >= 0.6 is 0 Å². The van der Waals surface area contributed by atoms with Crippen LogP contribution in [0.4, 0.5) is 11.4 Å². The molecule has 10 nitrogen and oxygen atoms in total. The maximum absolute atomic E-state index is 12.5. The van der Waals surface area contributed by atoms with Crippen LogP contribution in [0.15, 0.2) is 45.9 Å². The van der Waals surface area contributed by atoms with E-state index in [4.69, 9.17) is 4.42 Å². The van der Waals surface area contributed by atoms with E-state index in [0.717, 1.165) is 37.8 Å². The van der Waals surface area contributed by atoms with Crippen molar-refractivity contribution in [3.63, 3.8) is 0 Å². The zero-order valence-corrected chi connectivity index (χ0v) is 18.6. The number of anilines is 1. The number of likely N-dealkylation sites (N-methyl/N-ethyl adjacent to an activating group) is 1. The molecular weight excluding hydrogens is 422 g/mol. The molecule has 1 aliphatic rings. The molecule has 2 heterocycles. The zero-order chi connectivity index (χ0) is 22.4. The number of nitrogens with zero attached hydrogens (tertiary/aromatic N) is 3. The Morgan fingerprint density at radius 3 is 2.61 bits per heavy atom. The Morgan fingerprint density at radius 2 is 2.00 bits per heavy atom. The highest BCUT2D eigenvalue weighted by molar-refractivity contribution is 7.89. The van der Waals surface area contributed by atoms with E-state index in [0.29, 0.717) is 13.1 Å². The van der Waals surface area contributed by atoms with Gasteiger partial charge in [-0.3, -0.25) is 15.0 Å². The number of hydrogen-bond donors (Lipinski definition) is 2. The summed E-state index contributed by atoms with van der Waals surface area (Å²) in [6, 6.07) is 7.58. The van der Waals surface area contributed by atoms with Crippen molar-refractivity contribution >= 4 is 21.4 Å². The Bertz CT molecular complexity index is 972. The quantitative estimate of drug-likeness (QED) is 0.394. The molecule has 0 spiro atoms. The van der Waals surface area contributed by atoms with Gasteiger partial charge in [0.15, 0.2) is 0 Å². The van der Waals surface area contributed by atoms with Crippen LogP contribution in [0.2, 0.25) is 0 Å². The van der Waals surface area contributed by atoms with Crippen molar-refractivity contribution in [2.75, 3.05) is 52.1 Å². The molecule has 0 aliphatic carbocycles. The van der Waals surface area contributed by atoms with E-state index >= 15 is 0 Å². The predicted octanol–water partition coefficient (Wildman–Crippen LogP) is 2.28. The Labute approximate surface area is 182 Å². The molecule has 1 saturated heterocycles. The molecule has 2 aromatic rings. The molecule has 1 unspecified atom stereocenters. The lowest BCUT2D eigenvalue weighted by molar-refractivity contribution is -0.384. The lowest BCUT2D eigenvalue weighted by atomic mass is 10.2. The maximum Gasteiger partial charge on any atom is 0.293 e. The minimum Gasteiger partial charge on any atom is -0.468 e. The Morgan fingerprint density at radius 1 is 1.26 bits per heavy atom. The number of nitrogens with one attached hydrogen (secondary N) is 2. The Balaban J connectivity index is 1.77. The van der Waals surface area contributed by atoms with Crippen LogP contribution in [0.25, 0.3) is 0 Å². The van der Waals surface area contributed by atoms with E-state index in [2.05, 4.69) is 14.9 Å². The molecule has 11 heteroatoms. The molecule has 1 atom stereocenters. The number of sulfonamides is 1. The summed E-state index contributed by atoms with van der Waals surface area (Å²) in [6.07, 6.45) is 3.82. The minimum absolute atomic E-state index is 0.0618. The van der Waals surface area contributed by atoms with Crippen molar-refractivity contribution in [1.29, 1.82) is 0 Å². The summed E-state index contributed by atoms with van der Waals surface area (Å²) in [5.74, 6) is 0.793. The molecule has 0 radical (unpaired) electrons. The first kappa shape index (κ1) is 23.2. The highest BCUT2D eigenvalue weighted by Crippen LogP contribution is 2.30. The first-order valence-electron chi connectivity index (χ1n) is 10.2. The molecular formula is C20H29N5O5S. The largest absolute Gasteiger partial charge is 0.468 e. The van der Waals surface area contributed by atoms with Crippen LogP contribution in [0.3, 0.4) is 0 Å². The standard InChI is InChI=1S/C20H29N5O5S/c1-23(2)12-9-22-31(28,29)16-7-8-17(18(14-16)25(26)27)21-15-19(20-6-5-13-30-20)24-10-3-4-11-24/h5-8,13-14,19,21-22H,3-4,9-12,15H2,1-2H3. The van der Waals surface area contributed by atoms with Crippen LogP contribution in [-0.4, -0.2) is 70.0 Å². The summed E-state index contributed by atoms with van der Waals surface area (Å²) >= 11 is 0. The van der Waals surface area contributed by atoms with Crippen LogP contribution in [-0.2, 0) is 10.0 Å². The molecule has 0 amide bonds. The van der Waals surface area contributed by atoms with Crippen LogP contribution in [0, 0.1) is 10.1 Å². The summed E-state index contributed by atoms with van der Waals surface area (Å²) in [5, 5.41) is 14.8. The minimum atomic E-state index is -3.84. The highest BCUT2D eigenvalue weighted by Gasteiger charge is 2.27. The number of nitro groups is 1. The summed E-state index contributed by atoms with van der Waals surface area (Å²) in [4.78, 5) is 15.1. The average Bonchev–Trinajstić information content (AvgIpc) is 3.42. The number of likely N-dealkylation sites (tertiary alicyclic amines) is 1. The SMILES string of the molecule is CN(C)CCNS(=O)(=O)c1ccc(NCC(c2ccco2)N2CCCC2)c([N+](=O)[O-])c1. The van der Waals surface area contributed by atoms with Gasteiger partial charge in [0, 0.05) is 25.7 Å². The molecule has 1 aliphatic heterocycles. The third kappa shape index (κ3) is 6.03. The van der Waals surface area contributed by atoms with Gasteiger partial charge in [-0.15, -0.1) is 0 Å². The number of hydrogen-bond acceptors (Lipinski definition) is 8. The predicted molar refractivity (Wildman–Crippen MR) is 118 cm³/mol. The van der Waals surface area contributed by atoms with E-state index in [1.165, 1.54) is 12.1 Å². The van der Waals surface area contributed by atoms with Crippen LogP contribution < -0.4 is 10.0 Å². The molecule has 0 saturated carbocycles. The summed E-state index contributed by atoms with van der Waals surface area (Å²) in [6.45, 7) is 3.01. The lowest BCUT2D eigenvalue weighted by Crippen LogP contribution is -2.31. The second-order valence-electron chi connectivity index (χ2n) is 7.79. The van der Waals surface area contributed by atoms with E-state index < -0.39 is 14.9 Å². The van der Waals surface area contributed by atoms with Gasteiger partial charge in [-0.1, -0.05) is 0 Å². The van der Waals surface area contributed by atoms with E-state index in [9.17, 15) is 18.5 Å². The van der Waals surface area contributed by atoms with E-state index in [-0.39, 0.29) is 28.9 Å². The van der Waals surface area contributed by atoms with Gasteiger partial charge in [-0.05, 0) is 64.3 Å². The molecule has 170 valence electrons. The van der Waals surface area contributed by atoms with Gasteiger partial charge < -0.3 is 14.6 Å². The smallest absolute Gasteiger partial charge is 0.293 e. The molecule has 31 heavy (non-hydrogen) atoms. The van der Waals surface area contributed by atoms with Gasteiger partial charge >= 0.3 is 0 Å². The van der Waals surface area contributed by atoms with Gasteiger partial charge in [0.2, 0.25) is 10.0 Å². The van der Waals surface area contributed by atoms with Crippen LogP contribution in [0.1, 0.15) is 24.6 Å². The van der Waals surface area contributed by atoms with Crippen molar-refractivity contribution < 1.29 is 17.8 Å². The maximum atomic E-state index is 12.5. The molecule has 0 bridgehead atoms. The summed E-state index contributed by atoms with van der Waals surface area (Å²) in [5.41, 5.74) is -0.0110. The number of nitro benzene ring substituents is 1. The van der Waals surface area contributed by atoms with Crippen molar-refractivity contribution in [2.24, 2.45) is 0 Å². The summed E-state index contributed by atoms with van der Waals surface area (Å²) in [7, 11) is -0.178. The fraction of sp³-hybridized carbons (Fsp3) is 0.500. The highest BCUT2D eigenvalue weighted by atomic mass is 32.2. The molecule has 1 fully saturated rings. The molecule has 1 aromatic heterocycles. The second kappa shape index (κ2) is 10.2. The first-order valence-corrected chi connectivity index (χ1v) is 11.7. The van der Waals surface area contributed by atoms with Gasteiger partial charge in [0.05, 0.1) is 22.1 Å². The summed E-state index contributed by atoms with van der Waals surface area (Å²) < 4.78 is 33.1. The number of benzene rings is 1. The normalized spacial score (nSPS) is 16.0. The van der Waals surface area contributed by atoms with Gasteiger partial charge in [-0.25, -0.2) is 13.1 Å². The van der Waals surface area contributed by atoms with Gasteiger partial charge in [0.1, 0.15) is 11.4 Å². The monoisotopic (exact) mass is 451 g/mol. The van der Waals surface area contributed by atoms with Crippen molar-refractivity contribution in [3.05, 3.63) is 52.5 Å². The van der Waals surface area contributed by atoms with Crippen molar-refractivity contribution in [1.82, 2.24) is 14.5 Å². The van der Waals surface area contributed by atoms with E-state index in [1.54, 1.807) is 6.26 Å². The Kier molecular flexibility index (Phi) is 7.65. The van der Waals surface area contributed by atoms with Crippen LogP contribution in [0.5, 0.6) is 0 Å². The van der Waals surface area contributed by atoms with Crippen molar-refractivity contribution in [2.45, 2.75) is 23.8 Å². The van der Waals surface area contributed by atoms with Gasteiger partial charge in [-0.2, -0.15) is 0 Å². The molecule has 2 N–H and O–H groups in total. The molecule has 3 rings (SSSR count). The van der Waals surface area contributed by atoms with Crippen molar-refractivity contribution in [3.8, 4) is 0 Å². The topological polar surface area (TPSA) is 121 Å².